The highest BCUT2D eigenvalue weighted by Gasteiger charge is 2.44. The SMILES string of the molecule is Cc1cccc(OCC(=O)N2CCC3(CCC(=O)N3)C2)c1. The molecule has 0 radical (unpaired) electrons. The van der Waals surface area contributed by atoms with Crippen LogP contribution in [0.2, 0.25) is 0 Å². The number of carbonyl (C=O) groups excluding carboxylic acids is 2. The molecule has 1 aromatic carbocycles. The first-order valence-corrected chi connectivity index (χ1v) is 7.35. The lowest BCUT2D eigenvalue weighted by molar-refractivity contribution is -0.132. The lowest BCUT2D eigenvalue weighted by Gasteiger charge is -2.23. The van der Waals surface area contributed by atoms with E-state index < -0.39 is 0 Å². The molecule has 1 spiro atoms. The maximum atomic E-state index is 12.2. The van der Waals surface area contributed by atoms with Crippen LogP contribution in [0.15, 0.2) is 24.3 Å². The molecule has 2 aliphatic heterocycles. The first-order valence-electron chi connectivity index (χ1n) is 7.35. The lowest BCUT2D eigenvalue weighted by Crippen LogP contribution is -2.45. The average Bonchev–Trinajstić information content (AvgIpc) is 3.03. The number of amides is 2. The summed E-state index contributed by atoms with van der Waals surface area (Å²) in [6.07, 6.45) is 2.24. The zero-order valence-corrected chi connectivity index (χ0v) is 12.2. The van der Waals surface area contributed by atoms with Gasteiger partial charge in [0.2, 0.25) is 5.91 Å². The second kappa shape index (κ2) is 5.39. The zero-order valence-electron chi connectivity index (χ0n) is 12.2. The highest BCUT2D eigenvalue weighted by molar-refractivity contribution is 5.81. The number of aryl methyl sites for hydroxylation is 1. The average molecular weight is 288 g/mol. The molecule has 3 rings (SSSR count). The van der Waals surface area contributed by atoms with Crippen LogP contribution in [0.5, 0.6) is 5.75 Å². The number of nitrogens with zero attached hydrogens (tertiary/aromatic N) is 1. The van der Waals surface area contributed by atoms with E-state index in [1.165, 1.54) is 0 Å². The molecule has 0 saturated carbocycles. The standard InChI is InChI=1S/C16H20N2O3/c1-12-3-2-4-13(9-12)21-10-15(20)18-8-7-16(11-18)6-5-14(19)17-16/h2-4,9H,5-8,10-11H2,1H3,(H,17,19). The predicted octanol–water partition coefficient (Wildman–Crippen LogP) is 1.25. The van der Waals surface area contributed by atoms with Gasteiger partial charge in [-0.2, -0.15) is 0 Å². The predicted molar refractivity (Wildman–Crippen MR) is 78.0 cm³/mol. The van der Waals surface area contributed by atoms with Crippen LogP contribution in [0.4, 0.5) is 0 Å². The van der Waals surface area contributed by atoms with E-state index in [2.05, 4.69) is 5.32 Å². The molecule has 2 amide bonds. The van der Waals surface area contributed by atoms with Gasteiger partial charge < -0.3 is 15.0 Å². The molecule has 2 saturated heterocycles. The van der Waals surface area contributed by atoms with Gasteiger partial charge in [-0.15, -0.1) is 0 Å². The van der Waals surface area contributed by atoms with Gasteiger partial charge in [-0.05, 0) is 37.5 Å². The molecule has 5 nitrogen and oxygen atoms in total. The van der Waals surface area contributed by atoms with Crippen molar-refractivity contribution in [3.05, 3.63) is 29.8 Å². The van der Waals surface area contributed by atoms with E-state index >= 15 is 0 Å². The lowest BCUT2D eigenvalue weighted by atomic mass is 9.97. The fraction of sp³-hybridized carbons (Fsp3) is 0.500. The van der Waals surface area contributed by atoms with Gasteiger partial charge in [-0.25, -0.2) is 0 Å². The molecule has 2 heterocycles. The van der Waals surface area contributed by atoms with Crippen molar-refractivity contribution >= 4 is 11.8 Å². The van der Waals surface area contributed by atoms with E-state index in [1.807, 2.05) is 31.2 Å². The van der Waals surface area contributed by atoms with Crippen molar-refractivity contribution in [2.75, 3.05) is 19.7 Å². The van der Waals surface area contributed by atoms with Gasteiger partial charge in [0.25, 0.3) is 5.91 Å². The number of likely N-dealkylation sites (tertiary alicyclic amines) is 1. The van der Waals surface area contributed by atoms with E-state index in [0.29, 0.717) is 25.3 Å². The largest absolute Gasteiger partial charge is 0.484 e. The van der Waals surface area contributed by atoms with E-state index in [4.69, 9.17) is 4.74 Å². The Bertz CT molecular complexity index is 572. The third kappa shape index (κ3) is 3.01. The summed E-state index contributed by atoms with van der Waals surface area (Å²) < 4.78 is 5.55. The number of ether oxygens (including phenoxy) is 1. The summed E-state index contributed by atoms with van der Waals surface area (Å²) in [6.45, 7) is 3.33. The highest BCUT2D eigenvalue weighted by Crippen LogP contribution is 2.30. The number of nitrogens with one attached hydrogen (secondary N) is 1. The van der Waals surface area contributed by atoms with Crippen molar-refractivity contribution in [2.45, 2.75) is 31.7 Å². The first kappa shape index (κ1) is 13.9. The smallest absolute Gasteiger partial charge is 0.260 e. The van der Waals surface area contributed by atoms with Crippen LogP contribution in [0.25, 0.3) is 0 Å². The van der Waals surface area contributed by atoms with Crippen LogP contribution in [-0.4, -0.2) is 41.9 Å². The minimum atomic E-state index is -0.184. The molecule has 5 heteroatoms. The Labute approximate surface area is 124 Å². The normalized spacial score (nSPS) is 24.4. The fourth-order valence-electron chi connectivity index (χ4n) is 3.11. The molecule has 1 N–H and O–H groups in total. The first-order chi connectivity index (χ1) is 10.1. The second-order valence-electron chi connectivity index (χ2n) is 6.00. The maximum absolute atomic E-state index is 12.2. The zero-order chi connectivity index (χ0) is 14.9. The van der Waals surface area contributed by atoms with Crippen molar-refractivity contribution in [1.82, 2.24) is 10.2 Å². The molecule has 0 aliphatic carbocycles. The van der Waals surface area contributed by atoms with E-state index in [1.54, 1.807) is 4.90 Å². The van der Waals surface area contributed by atoms with Gasteiger partial charge in [0.05, 0.1) is 5.54 Å². The quantitative estimate of drug-likeness (QED) is 0.911. The summed E-state index contributed by atoms with van der Waals surface area (Å²) in [7, 11) is 0. The number of hydrogen-bond donors (Lipinski definition) is 1. The van der Waals surface area contributed by atoms with Crippen LogP contribution in [-0.2, 0) is 9.59 Å². The van der Waals surface area contributed by atoms with Crippen LogP contribution in [0.3, 0.4) is 0 Å². The van der Waals surface area contributed by atoms with Crippen molar-refractivity contribution < 1.29 is 14.3 Å². The topological polar surface area (TPSA) is 58.6 Å². The Morgan fingerprint density at radius 2 is 2.29 bits per heavy atom. The van der Waals surface area contributed by atoms with Gasteiger partial charge in [-0.3, -0.25) is 9.59 Å². The molecule has 0 aromatic heterocycles. The Morgan fingerprint density at radius 3 is 3.00 bits per heavy atom. The van der Waals surface area contributed by atoms with E-state index in [9.17, 15) is 9.59 Å². The van der Waals surface area contributed by atoms with Gasteiger partial charge in [-0.1, -0.05) is 12.1 Å². The number of carbonyl (C=O) groups is 2. The molecule has 1 aromatic rings. The molecule has 2 aliphatic rings. The maximum Gasteiger partial charge on any atom is 0.260 e. The van der Waals surface area contributed by atoms with E-state index in [-0.39, 0.29) is 24.0 Å². The highest BCUT2D eigenvalue weighted by atomic mass is 16.5. The molecule has 0 bridgehead atoms. The third-order valence-corrected chi connectivity index (χ3v) is 4.29. The Hall–Kier alpha value is -2.04. The number of rotatable bonds is 3. The van der Waals surface area contributed by atoms with Crippen LogP contribution in [0, 0.1) is 6.92 Å². The molecule has 2 fully saturated rings. The summed E-state index contributed by atoms with van der Waals surface area (Å²) >= 11 is 0. The third-order valence-electron chi connectivity index (χ3n) is 4.29. The summed E-state index contributed by atoms with van der Waals surface area (Å²) in [5, 5.41) is 3.02. The summed E-state index contributed by atoms with van der Waals surface area (Å²) in [5.41, 5.74) is 0.921. The monoisotopic (exact) mass is 288 g/mol. The van der Waals surface area contributed by atoms with Gasteiger partial charge in [0, 0.05) is 19.5 Å². The molecule has 1 atom stereocenters. The Balaban J connectivity index is 1.54. The molecule has 21 heavy (non-hydrogen) atoms. The van der Waals surface area contributed by atoms with Crippen LogP contribution >= 0.6 is 0 Å². The van der Waals surface area contributed by atoms with Crippen molar-refractivity contribution in [2.24, 2.45) is 0 Å². The summed E-state index contributed by atoms with van der Waals surface area (Å²) in [5.74, 6) is 0.793. The summed E-state index contributed by atoms with van der Waals surface area (Å²) in [6, 6.07) is 7.66. The minimum Gasteiger partial charge on any atom is -0.484 e. The minimum absolute atomic E-state index is 0.0190. The molecular formula is C16H20N2O3. The van der Waals surface area contributed by atoms with Crippen LogP contribution in [0.1, 0.15) is 24.8 Å². The number of benzene rings is 1. The van der Waals surface area contributed by atoms with Crippen LogP contribution < -0.4 is 10.1 Å². The van der Waals surface area contributed by atoms with Gasteiger partial charge in [0.1, 0.15) is 5.75 Å². The van der Waals surface area contributed by atoms with Gasteiger partial charge >= 0.3 is 0 Å². The van der Waals surface area contributed by atoms with Gasteiger partial charge in [0.15, 0.2) is 6.61 Å². The van der Waals surface area contributed by atoms with E-state index in [0.717, 1.165) is 18.4 Å². The number of hydrogen-bond acceptors (Lipinski definition) is 3. The van der Waals surface area contributed by atoms with Crippen molar-refractivity contribution in [3.8, 4) is 5.75 Å². The second-order valence-corrected chi connectivity index (χ2v) is 6.00. The Morgan fingerprint density at radius 1 is 1.43 bits per heavy atom. The molecule has 112 valence electrons. The summed E-state index contributed by atoms with van der Waals surface area (Å²) in [4.78, 5) is 25.4. The fourth-order valence-corrected chi connectivity index (χ4v) is 3.11. The van der Waals surface area contributed by atoms with Crippen molar-refractivity contribution in [1.29, 1.82) is 0 Å². The molecular weight excluding hydrogens is 268 g/mol. The molecule has 1 unspecified atom stereocenters. The van der Waals surface area contributed by atoms with Crippen molar-refractivity contribution in [3.63, 3.8) is 0 Å². The Kier molecular flexibility index (Phi) is 3.57.